The van der Waals surface area contributed by atoms with Crippen LogP contribution in [0.4, 0.5) is 0 Å². The van der Waals surface area contributed by atoms with Crippen molar-refractivity contribution < 1.29 is 19.4 Å². The Balaban J connectivity index is 2.03. The van der Waals surface area contributed by atoms with E-state index in [0.717, 1.165) is 19.3 Å². The Hall–Kier alpha value is -1.95. The quantitative estimate of drug-likeness (QED) is 0.868. The van der Waals surface area contributed by atoms with Gasteiger partial charge in [-0.15, -0.1) is 0 Å². The van der Waals surface area contributed by atoms with Crippen LogP contribution in [0.2, 0.25) is 0 Å². The molecule has 1 aliphatic carbocycles. The SMILES string of the molecule is COC1CCC(NC(=O)c2ccc(C(=O)O)c(C)n2)C1. The molecule has 1 aromatic heterocycles. The summed E-state index contributed by atoms with van der Waals surface area (Å²) in [5, 5.41) is 11.8. The van der Waals surface area contributed by atoms with Crippen LogP contribution in [0.5, 0.6) is 0 Å². The normalized spacial score (nSPS) is 21.7. The second-order valence-corrected chi connectivity index (χ2v) is 4.98. The lowest BCUT2D eigenvalue weighted by atomic mass is 10.1. The summed E-state index contributed by atoms with van der Waals surface area (Å²) < 4.78 is 5.26. The van der Waals surface area contributed by atoms with Gasteiger partial charge in [0.1, 0.15) is 5.69 Å². The highest BCUT2D eigenvalue weighted by Crippen LogP contribution is 2.21. The van der Waals surface area contributed by atoms with Gasteiger partial charge >= 0.3 is 5.97 Å². The van der Waals surface area contributed by atoms with Crippen LogP contribution >= 0.6 is 0 Å². The van der Waals surface area contributed by atoms with Crippen LogP contribution in [0.1, 0.15) is 45.8 Å². The molecule has 1 amide bonds. The number of carboxylic acid groups (broad SMARTS) is 1. The Morgan fingerprint density at radius 2 is 2.15 bits per heavy atom. The molecule has 1 aromatic rings. The minimum absolute atomic E-state index is 0.0914. The molecule has 2 atom stereocenters. The van der Waals surface area contributed by atoms with E-state index in [2.05, 4.69) is 10.3 Å². The molecule has 1 heterocycles. The van der Waals surface area contributed by atoms with E-state index >= 15 is 0 Å². The summed E-state index contributed by atoms with van der Waals surface area (Å²) in [5.74, 6) is -1.31. The molecule has 0 spiro atoms. The maximum absolute atomic E-state index is 12.1. The average Bonchev–Trinajstić information content (AvgIpc) is 2.85. The fourth-order valence-corrected chi connectivity index (χ4v) is 2.46. The summed E-state index contributed by atoms with van der Waals surface area (Å²) in [4.78, 5) is 27.0. The Labute approximate surface area is 117 Å². The van der Waals surface area contributed by atoms with Crippen molar-refractivity contribution in [2.45, 2.75) is 38.3 Å². The van der Waals surface area contributed by atoms with Crippen molar-refractivity contribution in [3.63, 3.8) is 0 Å². The number of hydrogen-bond acceptors (Lipinski definition) is 4. The summed E-state index contributed by atoms with van der Waals surface area (Å²) in [5.41, 5.74) is 0.696. The minimum Gasteiger partial charge on any atom is -0.478 e. The maximum atomic E-state index is 12.1. The van der Waals surface area contributed by atoms with E-state index < -0.39 is 5.97 Å². The van der Waals surface area contributed by atoms with Crippen molar-refractivity contribution >= 4 is 11.9 Å². The lowest BCUT2D eigenvalue weighted by Crippen LogP contribution is -2.34. The summed E-state index contributed by atoms with van der Waals surface area (Å²) in [6.07, 6.45) is 2.82. The molecule has 0 radical (unpaired) electrons. The number of carbonyl (C=O) groups is 2. The summed E-state index contributed by atoms with van der Waals surface area (Å²) in [7, 11) is 1.67. The van der Waals surface area contributed by atoms with Crippen molar-refractivity contribution in [2.24, 2.45) is 0 Å². The number of aromatic nitrogens is 1. The van der Waals surface area contributed by atoms with E-state index in [4.69, 9.17) is 9.84 Å². The molecule has 6 nitrogen and oxygen atoms in total. The number of carbonyl (C=O) groups excluding carboxylic acids is 1. The fourth-order valence-electron chi connectivity index (χ4n) is 2.46. The molecule has 108 valence electrons. The van der Waals surface area contributed by atoms with Gasteiger partial charge in [0.05, 0.1) is 17.4 Å². The molecule has 2 N–H and O–H groups in total. The van der Waals surface area contributed by atoms with Crippen molar-refractivity contribution in [1.29, 1.82) is 0 Å². The third-order valence-electron chi connectivity index (χ3n) is 3.60. The first kappa shape index (κ1) is 14.5. The van der Waals surface area contributed by atoms with Crippen LogP contribution in [0.3, 0.4) is 0 Å². The number of nitrogens with one attached hydrogen (secondary N) is 1. The Bertz CT molecular complexity index is 530. The molecular formula is C14H18N2O4. The second-order valence-electron chi connectivity index (χ2n) is 4.98. The lowest BCUT2D eigenvalue weighted by molar-refractivity contribution is 0.0694. The van der Waals surface area contributed by atoms with Gasteiger partial charge in [0.25, 0.3) is 5.91 Å². The molecular weight excluding hydrogens is 260 g/mol. The van der Waals surface area contributed by atoms with E-state index in [1.807, 2.05) is 0 Å². The molecule has 0 bridgehead atoms. The number of aromatic carboxylic acids is 1. The van der Waals surface area contributed by atoms with Gasteiger partial charge in [-0.05, 0) is 38.3 Å². The number of methoxy groups -OCH3 is 1. The first-order chi connectivity index (χ1) is 9.51. The predicted molar refractivity (Wildman–Crippen MR) is 71.8 cm³/mol. The summed E-state index contributed by atoms with van der Waals surface area (Å²) in [6, 6.07) is 2.94. The third kappa shape index (κ3) is 3.14. The van der Waals surface area contributed by atoms with Crippen LogP contribution in [0.15, 0.2) is 12.1 Å². The number of aryl methyl sites for hydroxylation is 1. The molecule has 2 unspecified atom stereocenters. The number of ether oxygens (including phenoxy) is 1. The van der Waals surface area contributed by atoms with Gasteiger partial charge in [0.2, 0.25) is 0 Å². The highest BCUT2D eigenvalue weighted by molar-refractivity contribution is 5.94. The van der Waals surface area contributed by atoms with Gasteiger partial charge in [0.15, 0.2) is 0 Å². The molecule has 20 heavy (non-hydrogen) atoms. The number of rotatable bonds is 4. The van der Waals surface area contributed by atoms with Gasteiger partial charge in [0, 0.05) is 13.2 Å². The first-order valence-electron chi connectivity index (χ1n) is 6.56. The first-order valence-corrected chi connectivity index (χ1v) is 6.56. The lowest BCUT2D eigenvalue weighted by Gasteiger charge is -2.13. The van der Waals surface area contributed by atoms with Crippen LogP contribution in [-0.4, -0.2) is 41.2 Å². The van der Waals surface area contributed by atoms with E-state index in [0.29, 0.717) is 5.69 Å². The highest BCUT2D eigenvalue weighted by atomic mass is 16.5. The van der Waals surface area contributed by atoms with Gasteiger partial charge in [-0.1, -0.05) is 0 Å². The van der Waals surface area contributed by atoms with Gasteiger partial charge < -0.3 is 15.2 Å². The number of nitrogens with zero attached hydrogens (tertiary/aromatic N) is 1. The molecule has 0 saturated heterocycles. The van der Waals surface area contributed by atoms with E-state index in [1.54, 1.807) is 14.0 Å². The van der Waals surface area contributed by atoms with E-state index in [-0.39, 0.29) is 29.3 Å². The average molecular weight is 278 g/mol. The Morgan fingerprint density at radius 1 is 1.40 bits per heavy atom. The zero-order valence-electron chi connectivity index (χ0n) is 11.5. The maximum Gasteiger partial charge on any atom is 0.337 e. The monoisotopic (exact) mass is 278 g/mol. The standard InChI is InChI=1S/C14H18N2O4/c1-8-11(14(18)19)5-6-12(15-8)13(17)16-9-3-4-10(7-9)20-2/h5-6,9-10H,3-4,7H2,1-2H3,(H,16,17)(H,18,19). The van der Waals surface area contributed by atoms with E-state index in [9.17, 15) is 9.59 Å². The van der Waals surface area contributed by atoms with Crippen molar-refractivity contribution in [3.8, 4) is 0 Å². The zero-order chi connectivity index (χ0) is 14.7. The number of amides is 1. The van der Waals surface area contributed by atoms with Gasteiger partial charge in [-0.3, -0.25) is 4.79 Å². The van der Waals surface area contributed by atoms with Crippen molar-refractivity contribution in [1.82, 2.24) is 10.3 Å². The highest BCUT2D eigenvalue weighted by Gasteiger charge is 2.26. The molecule has 1 fully saturated rings. The molecule has 1 aliphatic rings. The molecule has 2 rings (SSSR count). The van der Waals surface area contributed by atoms with Crippen LogP contribution in [0.25, 0.3) is 0 Å². The molecule has 0 aliphatic heterocycles. The van der Waals surface area contributed by atoms with Crippen molar-refractivity contribution in [2.75, 3.05) is 7.11 Å². The van der Waals surface area contributed by atoms with Gasteiger partial charge in [-0.2, -0.15) is 0 Å². The van der Waals surface area contributed by atoms with Crippen LogP contribution < -0.4 is 5.32 Å². The zero-order valence-corrected chi connectivity index (χ0v) is 11.5. The van der Waals surface area contributed by atoms with E-state index in [1.165, 1.54) is 12.1 Å². The topological polar surface area (TPSA) is 88.5 Å². The molecule has 0 aromatic carbocycles. The summed E-state index contributed by atoms with van der Waals surface area (Å²) in [6.45, 7) is 1.58. The Morgan fingerprint density at radius 3 is 2.70 bits per heavy atom. The van der Waals surface area contributed by atoms with Gasteiger partial charge in [-0.25, -0.2) is 9.78 Å². The fraction of sp³-hybridized carbons (Fsp3) is 0.500. The van der Waals surface area contributed by atoms with Crippen LogP contribution in [0, 0.1) is 6.92 Å². The second kappa shape index (κ2) is 6.00. The Kier molecular flexibility index (Phi) is 4.34. The number of pyridine rings is 1. The minimum atomic E-state index is -1.04. The predicted octanol–water partition coefficient (Wildman–Crippen LogP) is 1.39. The third-order valence-corrected chi connectivity index (χ3v) is 3.60. The molecule has 1 saturated carbocycles. The van der Waals surface area contributed by atoms with Crippen molar-refractivity contribution in [3.05, 3.63) is 29.1 Å². The van der Waals surface area contributed by atoms with Crippen LogP contribution in [-0.2, 0) is 4.74 Å². The molecule has 6 heteroatoms. The largest absolute Gasteiger partial charge is 0.478 e. The number of carboxylic acids is 1. The number of hydrogen-bond donors (Lipinski definition) is 2. The smallest absolute Gasteiger partial charge is 0.337 e. The summed E-state index contributed by atoms with van der Waals surface area (Å²) >= 11 is 0.